The van der Waals surface area contributed by atoms with Gasteiger partial charge in [-0.05, 0) is 61.4 Å². The number of halogens is 2. The molecule has 1 aromatic heterocycles. The zero-order valence-electron chi connectivity index (χ0n) is 22.6. The Balaban J connectivity index is 1.71. The number of carbonyl (C=O) groups excluding carboxylic acids is 1. The summed E-state index contributed by atoms with van der Waals surface area (Å²) in [6.07, 6.45) is 2.85. The summed E-state index contributed by atoms with van der Waals surface area (Å²) in [7, 11) is 0. The van der Waals surface area contributed by atoms with Crippen molar-refractivity contribution in [3.8, 4) is 6.07 Å². The second kappa shape index (κ2) is 11.1. The smallest absolute Gasteiger partial charge is 0.237 e. The predicted molar refractivity (Wildman–Crippen MR) is 148 cm³/mol. The number of aromatic nitrogens is 1. The Morgan fingerprint density at radius 3 is 2.61 bits per heavy atom. The van der Waals surface area contributed by atoms with Crippen molar-refractivity contribution in [2.45, 2.75) is 82.8 Å². The van der Waals surface area contributed by atoms with Gasteiger partial charge in [-0.3, -0.25) is 4.79 Å². The van der Waals surface area contributed by atoms with E-state index < -0.39 is 23.2 Å². The first kappa shape index (κ1) is 28.8. The lowest BCUT2D eigenvalue weighted by Crippen LogP contribution is -2.46. The number of ether oxygens (including phenoxy) is 2. The van der Waals surface area contributed by atoms with Crippen molar-refractivity contribution in [2.24, 2.45) is 5.41 Å². The van der Waals surface area contributed by atoms with Gasteiger partial charge in [-0.15, -0.1) is 0 Å². The van der Waals surface area contributed by atoms with Crippen molar-refractivity contribution in [1.82, 2.24) is 15.6 Å². The molecule has 2 aromatic rings. The Morgan fingerprint density at radius 2 is 2.03 bits per heavy atom. The maximum Gasteiger partial charge on any atom is 0.237 e. The SMILES string of the molecule is CC(C)(C)CC1NC(C(=O)NCC[C@H]2COC(C)(C)O2)C(c2cccc(Cl)c2)C1(C#N)c1ccc(Cl)nc1. The van der Waals surface area contributed by atoms with Gasteiger partial charge in [0.1, 0.15) is 10.6 Å². The fourth-order valence-electron chi connectivity index (χ4n) is 5.72. The summed E-state index contributed by atoms with van der Waals surface area (Å²) in [6, 6.07) is 12.6. The van der Waals surface area contributed by atoms with E-state index in [0.717, 1.165) is 5.56 Å². The first-order valence-electron chi connectivity index (χ1n) is 13.0. The minimum Gasteiger partial charge on any atom is -0.355 e. The van der Waals surface area contributed by atoms with E-state index in [0.29, 0.717) is 41.7 Å². The fourth-order valence-corrected chi connectivity index (χ4v) is 6.03. The van der Waals surface area contributed by atoms with Gasteiger partial charge in [-0.25, -0.2) is 4.98 Å². The van der Waals surface area contributed by atoms with E-state index in [9.17, 15) is 10.1 Å². The molecule has 4 unspecified atom stereocenters. The number of carbonyl (C=O) groups is 1. The maximum atomic E-state index is 13.8. The van der Waals surface area contributed by atoms with Crippen molar-refractivity contribution in [3.05, 3.63) is 63.9 Å². The Bertz CT molecular complexity index is 1190. The third-order valence-electron chi connectivity index (χ3n) is 7.28. The molecule has 1 amide bonds. The molecule has 2 saturated heterocycles. The number of benzene rings is 1. The lowest BCUT2D eigenvalue weighted by atomic mass is 9.63. The molecular weight excluding hydrogens is 523 g/mol. The van der Waals surface area contributed by atoms with Crippen LogP contribution in [0, 0.1) is 16.7 Å². The average molecular weight is 560 g/mol. The molecule has 7 nitrogen and oxygen atoms in total. The molecule has 0 bridgehead atoms. The molecule has 2 aliphatic rings. The molecule has 0 aliphatic carbocycles. The quantitative estimate of drug-likeness (QED) is 0.443. The summed E-state index contributed by atoms with van der Waals surface area (Å²) in [5, 5.41) is 18.5. The monoisotopic (exact) mass is 558 g/mol. The van der Waals surface area contributed by atoms with Gasteiger partial charge in [-0.2, -0.15) is 5.26 Å². The Hall–Kier alpha value is -2.21. The Morgan fingerprint density at radius 1 is 1.26 bits per heavy atom. The van der Waals surface area contributed by atoms with Crippen LogP contribution in [0.2, 0.25) is 10.2 Å². The van der Waals surface area contributed by atoms with Crippen LogP contribution in [0.25, 0.3) is 0 Å². The number of pyridine rings is 1. The van der Waals surface area contributed by atoms with E-state index in [2.05, 4.69) is 42.5 Å². The standard InChI is InChI=1S/C29H36Cl2N4O3/c1-27(2,3)14-22-29(17-32,19-9-10-23(31)34-15-19)24(18-7-6-8-20(30)13-18)25(35-22)26(36)33-12-11-21-16-37-28(4,5)38-21/h6-10,13,15,21-22,24-25,35H,11-12,14,16H2,1-5H3,(H,33,36)/t21-,22?,24?,25?,29?/m0/s1. The van der Waals surface area contributed by atoms with Gasteiger partial charge in [-0.1, -0.05) is 62.2 Å². The van der Waals surface area contributed by atoms with Crippen molar-refractivity contribution in [1.29, 1.82) is 5.26 Å². The summed E-state index contributed by atoms with van der Waals surface area (Å²) in [6.45, 7) is 11.1. The van der Waals surface area contributed by atoms with Gasteiger partial charge in [0.2, 0.25) is 5.91 Å². The van der Waals surface area contributed by atoms with E-state index in [-0.39, 0.29) is 23.5 Å². The van der Waals surface area contributed by atoms with Gasteiger partial charge in [0, 0.05) is 29.7 Å². The van der Waals surface area contributed by atoms with Crippen LogP contribution < -0.4 is 10.6 Å². The molecule has 4 rings (SSSR count). The van der Waals surface area contributed by atoms with Crippen molar-refractivity contribution in [2.75, 3.05) is 13.2 Å². The highest BCUT2D eigenvalue weighted by Crippen LogP contribution is 2.51. The third kappa shape index (κ3) is 6.16. The summed E-state index contributed by atoms with van der Waals surface area (Å²) >= 11 is 12.5. The molecule has 0 spiro atoms. The second-order valence-electron chi connectivity index (χ2n) is 11.9. The first-order chi connectivity index (χ1) is 17.8. The summed E-state index contributed by atoms with van der Waals surface area (Å²) in [4.78, 5) is 18.1. The molecule has 204 valence electrons. The Kier molecular flexibility index (Phi) is 8.42. The van der Waals surface area contributed by atoms with Crippen molar-refractivity contribution >= 4 is 29.1 Å². The number of rotatable bonds is 7. The van der Waals surface area contributed by atoms with Crippen LogP contribution in [-0.2, 0) is 19.7 Å². The Labute approximate surface area is 235 Å². The highest BCUT2D eigenvalue weighted by molar-refractivity contribution is 6.30. The zero-order chi connectivity index (χ0) is 27.7. The van der Waals surface area contributed by atoms with Crippen LogP contribution in [0.5, 0.6) is 0 Å². The number of nitriles is 1. The molecule has 0 radical (unpaired) electrons. The predicted octanol–water partition coefficient (Wildman–Crippen LogP) is 5.37. The van der Waals surface area contributed by atoms with E-state index in [1.807, 2.05) is 38.1 Å². The van der Waals surface area contributed by atoms with Crippen LogP contribution in [0.3, 0.4) is 0 Å². The van der Waals surface area contributed by atoms with E-state index >= 15 is 0 Å². The van der Waals surface area contributed by atoms with Crippen molar-refractivity contribution in [3.63, 3.8) is 0 Å². The normalized spacial score (nSPS) is 28.7. The van der Waals surface area contributed by atoms with E-state index in [1.165, 1.54) is 0 Å². The molecule has 0 saturated carbocycles. The lowest BCUT2D eigenvalue weighted by molar-refractivity contribution is -0.138. The summed E-state index contributed by atoms with van der Waals surface area (Å²) in [5.41, 5.74) is 0.318. The summed E-state index contributed by atoms with van der Waals surface area (Å²) in [5.74, 6) is -1.31. The van der Waals surface area contributed by atoms with Gasteiger partial charge in [0.05, 0.1) is 24.8 Å². The van der Waals surface area contributed by atoms with Gasteiger partial charge < -0.3 is 20.1 Å². The average Bonchev–Trinajstić information content (AvgIpc) is 3.35. The highest BCUT2D eigenvalue weighted by atomic mass is 35.5. The van der Waals surface area contributed by atoms with Crippen LogP contribution >= 0.6 is 23.2 Å². The largest absolute Gasteiger partial charge is 0.355 e. The number of amides is 1. The molecule has 38 heavy (non-hydrogen) atoms. The van der Waals surface area contributed by atoms with Crippen LogP contribution in [0.15, 0.2) is 42.6 Å². The van der Waals surface area contributed by atoms with Gasteiger partial charge >= 0.3 is 0 Å². The molecule has 2 aliphatic heterocycles. The third-order valence-corrected chi connectivity index (χ3v) is 7.74. The minimum atomic E-state index is -1.09. The molecular formula is C29H36Cl2N4O3. The number of hydrogen-bond acceptors (Lipinski definition) is 6. The molecule has 3 heterocycles. The van der Waals surface area contributed by atoms with Crippen LogP contribution in [0.1, 0.15) is 64.5 Å². The molecule has 2 fully saturated rings. The summed E-state index contributed by atoms with van der Waals surface area (Å²) < 4.78 is 11.5. The first-order valence-corrected chi connectivity index (χ1v) is 13.7. The molecule has 1 aromatic carbocycles. The molecule has 5 atom stereocenters. The number of nitrogens with one attached hydrogen (secondary N) is 2. The number of hydrogen-bond donors (Lipinski definition) is 2. The minimum absolute atomic E-state index is 0.0856. The second-order valence-corrected chi connectivity index (χ2v) is 12.7. The fraction of sp³-hybridized carbons (Fsp3) is 0.552. The van der Waals surface area contributed by atoms with E-state index in [1.54, 1.807) is 18.3 Å². The zero-order valence-corrected chi connectivity index (χ0v) is 24.1. The maximum absolute atomic E-state index is 13.8. The highest BCUT2D eigenvalue weighted by Gasteiger charge is 2.59. The number of nitrogens with zero attached hydrogens (tertiary/aromatic N) is 2. The lowest BCUT2D eigenvalue weighted by Gasteiger charge is -2.37. The van der Waals surface area contributed by atoms with Crippen molar-refractivity contribution < 1.29 is 14.3 Å². The van der Waals surface area contributed by atoms with Gasteiger partial charge in [0.25, 0.3) is 0 Å². The molecule has 9 heteroatoms. The topological polar surface area (TPSA) is 96.3 Å². The van der Waals surface area contributed by atoms with E-state index in [4.69, 9.17) is 32.7 Å². The van der Waals surface area contributed by atoms with Crippen LogP contribution in [0.4, 0.5) is 0 Å². The van der Waals surface area contributed by atoms with Gasteiger partial charge in [0.15, 0.2) is 5.79 Å². The molecule has 2 N–H and O–H groups in total. The van der Waals surface area contributed by atoms with Crippen LogP contribution in [-0.4, -0.2) is 48.0 Å².